The SMILES string of the molecule is CCOc1ccc(CNC(C)(C)CCO)cc1. The predicted octanol–water partition coefficient (Wildman–Crippen LogP) is 2.34. The number of hydrogen-bond acceptors (Lipinski definition) is 3. The number of nitrogens with one attached hydrogen (secondary N) is 1. The zero-order chi connectivity index (χ0) is 12.7. The Labute approximate surface area is 104 Å². The van der Waals surface area contributed by atoms with Crippen LogP contribution in [-0.4, -0.2) is 23.9 Å². The van der Waals surface area contributed by atoms with Gasteiger partial charge in [-0.25, -0.2) is 0 Å². The van der Waals surface area contributed by atoms with Crippen molar-refractivity contribution in [1.29, 1.82) is 0 Å². The van der Waals surface area contributed by atoms with Crippen LogP contribution in [0.15, 0.2) is 24.3 Å². The van der Waals surface area contributed by atoms with E-state index in [1.54, 1.807) is 0 Å². The number of benzene rings is 1. The zero-order valence-corrected chi connectivity index (χ0v) is 11.0. The summed E-state index contributed by atoms with van der Waals surface area (Å²) in [5.74, 6) is 0.908. The molecule has 0 heterocycles. The molecule has 0 spiro atoms. The Morgan fingerprint density at radius 2 is 1.88 bits per heavy atom. The van der Waals surface area contributed by atoms with Crippen molar-refractivity contribution in [2.75, 3.05) is 13.2 Å². The second-order valence-electron chi connectivity index (χ2n) is 4.79. The smallest absolute Gasteiger partial charge is 0.119 e. The minimum absolute atomic E-state index is 0.0344. The van der Waals surface area contributed by atoms with Gasteiger partial charge in [-0.15, -0.1) is 0 Å². The van der Waals surface area contributed by atoms with Crippen LogP contribution in [0.1, 0.15) is 32.8 Å². The zero-order valence-electron chi connectivity index (χ0n) is 11.0. The van der Waals surface area contributed by atoms with E-state index in [4.69, 9.17) is 9.84 Å². The number of aliphatic hydroxyl groups excluding tert-OH is 1. The Bertz CT molecular complexity index is 319. The Morgan fingerprint density at radius 3 is 2.41 bits per heavy atom. The summed E-state index contributed by atoms with van der Waals surface area (Å²) in [7, 11) is 0. The normalized spacial score (nSPS) is 11.5. The lowest BCUT2D eigenvalue weighted by Crippen LogP contribution is -2.39. The molecule has 0 aliphatic rings. The van der Waals surface area contributed by atoms with Gasteiger partial charge in [-0.1, -0.05) is 12.1 Å². The van der Waals surface area contributed by atoms with Gasteiger partial charge < -0.3 is 15.2 Å². The molecule has 1 aromatic rings. The van der Waals surface area contributed by atoms with Gasteiger partial charge in [-0.05, 0) is 44.9 Å². The first-order valence-electron chi connectivity index (χ1n) is 6.15. The molecule has 0 fully saturated rings. The van der Waals surface area contributed by atoms with Crippen LogP contribution in [0, 0.1) is 0 Å². The van der Waals surface area contributed by atoms with E-state index in [0.717, 1.165) is 18.7 Å². The molecule has 0 bridgehead atoms. The van der Waals surface area contributed by atoms with Crippen LogP contribution >= 0.6 is 0 Å². The molecule has 0 aromatic heterocycles. The molecular formula is C14H23NO2. The van der Waals surface area contributed by atoms with E-state index < -0.39 is 0 Å². The third-order valence-corrected chi connectivity index (χ3v) is 2.74. The van der Waals surface area contributed by atoms with Crippen molar-refractivity contribution >= 4 is 0 Å². The summed E-state index contributed by atoms with van der Waals surface area (Å²) < 4.78 is 5.39. The fraction of sp³-hybridized carbons (Fsp3) is 0.571. The second-order valence-corrected chi connectivity index (χ2v) is 4.79. The van der Waals surface area contributed by atoms with Gasteiger partial charge in [0, 0.05) is 18.7 Å². The summed E-state index contributed by atoms with van der Waals surface area (Å²) in [5, 5.41) is 12.4. The van der Waals surface area contributed by atoms with Crippen LogP contribution in [-0.2, 0) is 6.54 Å². The summed E-state index contributed by atoms with van der Waals surface area (Å²) in [6, 6.07) is 8.10. The fourth-order valence-corrected chi connectivity index (χ4v) is 1.58. The van der Waals surface area contributed by atoms with Gasteiger partial charge in [0.25, 0.3) is 0 Å². The molecule has 0 saturated heterocycles. The van der Waals surface area contributed by atoms with Gasteiger partial charge >= 0.3 is 0 Å². The molecule has 3 nitrogen and oxygen atoms in total. The van der Waals surface area contributed by atoms with Crippen molar-refractivity contribution in [2.24, 2.45) is 0 Å². The predicted molar refractivity (Wildman–Crippen MR) is 70.2 cm³/mol. The van der Waals surface area contributed by atoms with E-state index in [-0.39, 0.29) is 12.1 Å². The molecule has 1 rings (SSSR count). The minimum atomic E-state index is -0.0344. The van der Waals surface area contributed by atoms with E-state index >= 15 is 0 Å². The molecule has 0 radical (unpaired) electrons. The van der Waals surface area contributed by atoms with Crippen molar-refractivity contribution in [3.05, 3.63) is 29.8 Å². The molecule has 0 unspecified atom stereocenters. The molecule has 0 saturated carbocycles. The highest BCUT2D eigenvalue weighted by molar-refractivity contribution is 5.27. The fourth-order valence-electron chi connectivity index (χ4n) is 1.58. The van der Waals surface area contributed by atoms with Crippen molar-refractivity contribution in [3.8, 4) is 5.75 Å². The maximum absolute atomic E-state index is 8.94. The number of rotatable bonds is 7. The van der Waals surface area contributed by atoms with E-state index in [1.165, 1.54) is 5.56 Å². The van der Waals surface area contributed by atoms with Crippen molar-refractivity contribution in [2.45, 2.75) is 39.3 Å². The summed E-state index contributed by atoms with van der Waals surface area (Å²) in [6.07, 6.45) is 0.754. The van der Waals surface area contributed by atoms with E-state index in [2.05, 4.69) is 31.3 Å². The van der Waals surface area contributed by atoms with E-state index in [1.807, 2.05) is 19.1 Å². The molecule has 0 amide bonds. The van der Waals surface area contributed by atoms with Crippen LogP contribution in [0.4, 0.5) is 0 Å². The second kappa shape index (κ2) is 6.62. The van der Waals surface area contributed by atoms with Crippen LogP contribution in [0.5, 0.6) is 5.75 Å². The Morgan fingerprint density at radius 1 is 1.24 bits per heavy atom. The maximum Gasteiger partial charge on any atom is 0.119 e. The largest absolute Gasteiger partial charge is 0.494 e. The molecular weight excluding hydrogens is 214 g/mol. The molecule has 1 aromatic carbocycles. The van der Waals surface area contributed by atoms with Crippen LogP contribution in [0.25, 0.3) is 0 Å². The molecule has 0 aliphatic heterocycles. The van der Waals surface area contributed by atoms with Crippen molar-refractivity contribution in [1.82, 2.24) is 5.32 Å². The van der Waals surface area contributed by atoms with E-state index in [9.17, 15) is 0 Å². The van der Waals surface area contributed by atoms with Gasteiger partial charge in [0.1, 0.15) is 5.75 Å². The lowest BCUT2D eigenvalue weighted by Gasteiger charge is -2.25. The standard InChI is InChI=1S/C14H23NO2/c1-4-17-13-7-5-12(6-8-13)11-15-14(2,3)9-10-16/h5-8,15-16H,4,9-11H2,1-3H3. The Kier molecular flexibility index (Phi) is 5.45. The summed E-state index contributed by atoms with van der Waals surface area (Å²) >= 11 is 0. The van der Waals surface area contributed by atoms with Crippen molar-refractivity contribution in [3.63, 3.8) is 0 Å². The molecule has 0 atom stereocenters. The molecule has 3 heteroatoms. The van der Waals surface area contributed by atoms with Gasteiger partial charge in [-0.2, -0.15) is 0 Å². The van der Waals surface area contributed by atoms with Gasteiger partial charge in [-0.3, -0.25) is 0 Å². The van der Waals surface area contributed by atoms with E-state index in [0.29, 0.717) is 6.61 Å². The minimum Gasteiger partial charge on any atom is -0.494 e. The third kappa shape index (κ3) is 5.20. The average molecular weight is 237 g/mol. The highest BCUT2D eigenvalue weighted by Crippen LogP contribution is 2.14. The summed E-state index contributed by atoms with van der Waals surface area (Å²) in [6.45, 7) is 7.88. The highest BCUT2D eigenvalue weighted by atomic mass is 16.5. The maximum atomic E-state index is 8.94. The molecule has 96 valence electrons. The molecule has 0 aliphatic carbocycles. The van der Waals surface area contributed by atoms with Crippen LogP contribution < -0.4 is 10.1 Å². The van der Waals surface area contributed by atoms with Gasteiger partial charge in [0.2, 0.25) is 0 Å². The quantitative estimate of drug-likeness (QED) is 0.765. The number of aliphatic hydroxyl groups is 1. The van der Waals surface area contributed by atoms with Gasteiger partial charge in [0.05, 0.1) is 6.61 Å². The lowest BCUT2D eigenvalue weighted by molar-refractivity contribution is 0.230. The third-order valence-electron chi connectivity index (χ3n) is 2.74. The summed E-state index contributed by atoms with van der Waals surface area (Å²) in [4.78, 5) is 0. The van der Waals surface area contributed by atoms with Crippen LogP contribution in [0.3, 0.4) is 0 Å². The Hall–Kier alpha value is -1.06. The lowest BCUT2D eigenvalue weighted by atomic mass is 10.0. The first-order valence-corrected chi connectivity index (χ1v) is 6.15. The molecule has 2 N–H and O–H groups in total. The number of ether oxygens (including phenoxy) is 1. The van der Waals surface area contributed by atoms with Crippen LogP contribution in [0.2, 0.25) is 0 Å². The van der Waals surface area contributed by atoms with Gasteiger partial charge in [0.15, 0.2) is 0 Å². The highest BCUT2D eigenvalue weighted by Gasteiger charge is 2.15. The summed E-state index contributed by atoms with van der Waals surface area (Å²) in [5.41, 5.74) is 1.19. The Balaban J connectivity index is 2.46. The number of hydrogen-bond donors (Lipinski definition) is 2. The van der Waals surface area contributed by atoms with Crippen molar-refractivity contribution < 1.29 is 9.84 Å². The average Bonchev–Trinajstić information content (AvgIpc) is 2.29. The molecule has 17 heavy (non-hydrogen) atoms. The topological polar surface area (TPSA) is 41.5 Å². The first kappa shape index (κ1) is 14.0. The monoisotopic (exact) mass is 237 g/mol. The first-order chi connectivity index (χ1) is 8.07.